The Kier molecular flexibility index (Phi) is 9.79. The minimum Gasteiger partial charge on any atom is -0.352 e. The number of hydrogen-bond acceptors (Lipinski definition) is 4. The first kappa shape index (κ1) is 32.0. The highest BCUT2D eigenvalue weighted by Gasteiger charge is 2.35. The third kappa shape index (κ3) is 7.92. The van der Waals surface area contributed by atoms with Crippen molar-refractivity contribution in [3.63, 3.8) is 0 Å². The second-order valence-electron chi connectivity index (χ2n) is 10.7. The number of carbonyl (C=O) groups excluding carboxylic acids is 2. The summed E-state index contributed by atoms with van der Waals surface area (Å²) in [4.78, 5) is 28.1. The topological polar surface area (TPSA) is 86.8 Å². The molecular weight excluding hydrogens is 586 g/mol. The van der Waals surface area contributed by atoms with Crippen molar-refractivity contribution in [1.29, 1.82) is 0 Å². The molecule has 1 saturated carbocycles. The van der Waals surface area contributed by atoms with Gasteiger partial charge < -0.3 is 10.2 Å². The van der Waals surface area contributed by atoms with Crippen molar-refractivity contribution in [2.24, 2.45) is 0 Å². The third-order valence-electron chi connectivity index (χ3n) is 7.48. The van der Waals surface area contributed by atoms with E-state index in [0.717, 1.165) is 48.3 Å². The van der Waals surface area contributed by atoms with Crippen LogP contribution in [0.3, 0.4) is 0 Å². The lowest BCUT2D eigenvalue weighted by molar-refractivity contribution is -0.139. The number of rotatable bonds is 10. The maximum Gasteiger partial charge on any atom is 0.416 e. The van der Waals surface area contributed by atoms with Gasteiger partial charge in [0.15, 0.2) is 0 Å². The van der Waals surface area contributed by atoms with Crippen molar-refractivity contribution >= 4 is 27.5 Å². The van der Waals surface area contributed by atoms with Crippen molar-refractivity contribution in [2.75, 3.05) is 10.8 Å². The molecule has 1 fully saturated rings. The van der Waals surface area contributed by atoms with Crippen molar-refractivity contribution in [1.82, 2.24) is 10.2 Å². The Labute approximate surface area is 248 Å². The van der Waals surface area contributed by atoms with Gasteiger partial charge in [-0.2, -0.15) is 13.2 Å². The van der Waals surface area contributed by atoms with Gasteiger partial charge in [0.1, 0.15) is 18.4 Å². The molecule has 1 aliphatic rings. The summed E-state index contributed by atoms with van der Waals surface area (Å²) < 4.78 is 82.7. The monoisotopic (exact) mass is 619 g/mol. The van der Waals surface area contributed by atoms with E-state index in [2.05, 4.69) is 5.32 Å². The largest absolute Gasteiger partial charge is 0.416 e. The summed E-state index contributed by atoms with van der Waals surface area (Å²) in [6.07, 6.45) is -1.26. The van der Waals surface area contributed by atoms with E-state index in [4.69, 9.17) is 0 Å². The molecule has 1 atom stereocenters. The standard InChI is InChI=1S/C31H33F4N3O4S/c1-21-10-16-28(17-11-21)43(41,42)38(27-9-5-6-24(18-27)31(33,34)35)20-29(39)37(19-23-12-14-25(32)15-13-23)22(2)30(40)36-26-7-3-4-8-26/h5-6,9-18,22,26H,3-4,7-8,19-20H2,1-2H3,(H,36,40)/t22-/m1/s1. The highest BCUT2D eigenvalue weighted by Crippen LogP contribution is 2.33. The second-order valence-corrected chi connectivity index (χ2v) is 12.5. The van der Waals surface area contributed by atoms with Crippen LogP contribution in [0.15, 0.2) is 77.7 Å². The van der Waals surface area contributed by atoms with E-state index in [-0.39, 0.29) is 23.2 Å². The lowest BCUT2D eigenvalue weighted by Gasteiger charge is -2.32. The Hall–Kier alpha value is -3.93. The Bertz CT molecular complexity index is 1540. The zero-order valence-electron chi connectivity index (χ0n) is 23.8. The highest BCUT2D eigenvalue weighted by atomic mass is 32.2. The predicted molar refractivity (Wildman–Crippen MR) is 154 cm³/mol. The van der Waals surface area contributed by atoms with Crippen molar-refractivity contribution in [3.05, 3.63) is 95.3 Å². The van der Waals surface area contributed by atoms with E-state index >= 15 is 0 Å². The molecule has 3 aromatic carbocycles. The molecule has 1 aliphatic carbocycles. The molecular formula is C31H33F4N3O4S. The van der Waals surface area contributed by atoms with Crippen LogP contribution in [0.2, 0.25) is 0 Å². The molecule has 2 amide bonds. The Morgan fingerprint density at radius 3 is 2.21 bits per heavy atom. The van der Waals surface area contributed by atoms with Crippen LogP contribution in [0.4, 0.5) is 23.2 Å². The Morgan fingerprint density at radius 2 is 1.60 bits per heavy atom. The van der Waals surface area contributed by atoms with Gasteiger partial charge in [0.25, 0.3) is 10.0 Å². The van der Waals surface area contributed by atoms with E-state index in [1.807, 2.05) is 0 Å². The van der Waals surface area contributed by atoms with Crippen molar-refractivity contribution < 1.29 is 35.6 Å². The van der Waals surface area contributed by atoms with Gasteiger partial charge in [0.2, 0.25) is 11.8 Å². The fourth-order valence-corrected chi connectivity index (χ4v) is 6.37. The summed E-state index contributed by atoms with van der Waals surface area (Å²) in [5, 5.41) is 2.93. The van der Waals surface area contributed by atoms with Crippen molar-refractivity contribution in [3.8, 4) is 0 Å². The lowest BCUT2D eigenvalue weighted by atomic mass is 10.1. The summed E-state index contributed by atoms with van der Waals surface area (Å²) in [5.74, 6) is -1.78. The quantitative estimate of drug-likeness (QED) is 0.290. The van der Waals surface area contributed by atoms with Crippen LogP contribution < -0.4 is 9.62 Å². The molecule has 0 saturated heterocycles. The number of aryl methyl sites for hydroxylation is 1. The SMILES string of the molecule is Cc1ccc(S(=O)(=O)N(CC(=O)N(Cc2ccc(F)cc2)[C@H](C)C(=O)NC2CCCC2)c2cccc(C(F)(F)F)c2)cc1. The van der Waals surface area contributed by atoms with Crippen molar-refractivity contribution in [2.45, 2.75) is 69.2 Å². The number of hydrogen-bond donors (Lipinski definition) is 1. The molecule has 230 valence electrons. The third-order valence-corrected chi connectivity index (χ3v) is 9.27. The average Bonchev–Trinajstić information content (AvgIpc) is 3.48. The first-order chi connectivity index (χ1) is 20.3. The number of sulfonamides is 1. The fraction of sp³-hybridized carbons (Fsp3) is 0.355. The summed E-state index contributed by atoms with van der Waals surface area (Å²) in [6, 6.07) is 13.5. The Balaban J connectivity index is 1.73. The number of halogens is 4. The van der Waals surface area contributed by atoms with Crippen LogP contribution in [-0.4, -0.2) is 43.8 Å². The van der Waals surface area contributed by atoms with Crippen LogP contribution in [0, 0.1) is 12.7 Å². The normalized spacial score (nSPS) is 14.7. The molecule has 0 unspecified atom stereocenters. The van der Waals surface area contributed by atoms with E-state index in [1.54, 1.807) is 6.92 Å². The van der Waals surface area contributed by atoms with Gasteiger partial charge in [0.05, 0.1) is 16.1 Å². The van der Waals surface area contributed by atoms with Crippen LogP contribution >= 0.6 is 0 Å². The molecule has 0 radical (unpaired) electrons. The molecule has 4 rings (SSSR count). The number of anilines is 1. The molecule has 0 bridgehead atoms. The molecule has 3 aromatic rings. The number of benzene rings is 3. The zero-order chi connectivity index (χ0) is 31.4. The molecule has 12 heteroatoms. The predicted octanol–water partition coefficient (Wildman–Crippen LogP) is 5.82. The minimum absolute atomic E-state index is 0.0544. The zero-order valence-corrected chi connectivity index (χ0v) is 24.6. The summed E-state index contributed by atoms with van der Waals surface area (Å²) in [6.45, 7) is 2.18. The maximum atomic E-state index is 13.9. The number of alkyl halides is 3. The minimum atomic E-state index is -4.76. The number of carbonyl (C=O) groups is 2. The molecule has 0 spiro atoms. The molecule has 1 N–H and O–H groups in total. The van der Waals surface area contributed by atoms with Gasteiger partial charge in [-0.15, -0.1) is 0 Å². The average molecular weight is 620 g/mol. The van der Waals surface area contributed by atoms with E-state index in [0.29, 0.717) is 15.9 Å². The van der Waals surface area contributed by atoms with Gasteiger partial charge in [-0.3, -0.25) is 13.9 Å². The van der Waals surface area contributed by atoms with Crippen LogP contribution in [0.5, 0.6) is 0 Å². The highest BCUT2D eigenvalue weighted by molar-refractivity contribution is 7.92. The van der Waals surface area contributed by atoms with Gasteiger partial charge in [-0.1, -0.05) is 48.7 Å². The van der Waals surface area contributed by atoms with Crippen LogP contribution in [0.25, 0.3) is 0 Å². The van der Waals surface area contributed by atoms with Gasteiger partial charge >= 0.3 is 6.18 Å². The van der Waals surface area contributed by atoms with Gasteiger partial charge in [-0.25, -0.2) is 12.8 Å². The second kappa shape index (κ2) is 13.2. The lowest BCUT2D eigenvalue weighted by Crippen LogP contribution is -2.52. The van der Waals surface area contributed by atoms with Gasteiger partial charge in [-0.05, 0) is 74.7 Å². The van der Waals surface area contributed by atoms with E-state index in [1.165, 1.54) is 61.5 Å². The molecule has 0 aromatic heterocycles. The van der Waals surface area contributed by atoms with Crippen LogP contribution in [-0.2, 0) is 32.3 Å². The molecule has 0 aliphatic heterocycles. The number of nitrogens with zero attached hydrogens (tertiary/aromatic N) is 2. The molecule has 43 heavy (non-hydrogen) atoms. The first-order valence-electron chi connectivity index (χ1n) is 13.9. The first-order valence-corrected chi connectivity index (χ1v) is 15.3. The Morgan fingerprint density at radius 1 is 0.977 bits per heavy atom. The summed E-state index contributed by atoms with van der Waals surface area (Å²) in [5.41, 5.74) is -0.224. The van der Waals surface area contributed by atoms with E-state index < -0.39 is 52.0 Å². The number of nitrogens with one attached hydrogen (secondary N) is 1. The summed E-state index contributed by atoms with van der Waals surface area (Å²) >= 11 is 0. The molecule has 0 heterocycles. The number of amides is 2. The van der Waals surface area contributed by atoms with E-state index in [9.17, 15) is 35.6 Å². The van der Waals surface area contributed by atoms with Crippen LogP contribution in [0.1, 0.15) is 49.3 Å². The summed E-state index contributed by atoms with van der Waals surface area (Å²) in [7, 11) is -4.54. The smallest absolute Gasteiger partial charge is 0.352 e. The maximum absolute atomic E-state index is 13.9. The molecule has 7 nitrogen and oxygen atoms in total. The van der Waals surface area contributed by atoms with Gasteiger partial charge in [0, 0.05) is 12.6 Å². The fourth-order valence-electron chi connectivity index (χ4n) is 4.96.